The number of carbonyl (C=O) groups is 2. The quantitative estimate of drug-likeness (QED) is 0.763. The van der Waals surface area contributed by atoms with Crippen LogP contribution in [0, 0.1) is 5.92 Å². The molecule has 0 aromatic heterocycles. The summed E-state index contributed by atoms with van der Waals surface area (Å²) in [6.07, 6.45) is 3.60. The molecular weight excluding hydrogens is 312 g/mol. The number of likely N-dealkylation sites (N-methyl/N-ethyl adjacent to an activating group) is 1. The van der Waals surface area contributed by atoms with Gasteiger partial charge < -0.3 is 24.4 Å². The first kappa shape index (κ1) is 17.6. The van der Waals surface area contributed by atoms with Crippen LogP contribution in [0.25, 0.3) is 0 Å². The van der Waals surface area contributed by atoms with Gasteiger partial charge in [0.2, 0.25) is 11.8 Å². The zero-order chi connectivity index (χ0) is 17.3. The van der Waals surface area contributed by atoms with E-state index in [9.17, 15) is 14.7 Å². The monoisotopic (exact) mass is 340 g/mol. The van der Waals surface area contributed by atoms with Crippen molar-refractivity contribution >= 4 is 11.8 Å². The minimum Gasteiger partial charge on any atom is -0.393 e. The van der Waals surface area contributed by atoms with Gasteiger partial charge in [-0.2, -0.15) is 0 Å². The SMILES string of the molecule is CN(C)C(=O)COC[C@@H]1CC[C@@H]2[C@@H](CCN2C(=O)C2CC(O)C2)O1. The van der Waals surface area contributed by atoms with E-state index in [-0.39, 0.29) is 48.7 Å². The molecule has 2 amide bonds. The number of hydrogen-bond acceptors (Lipinski definition) is 5. The van der Waals surface area contributed by atoms with E-state index in [0.717, 1.165) is 25.8 Å². The molecular formula is C17H28N2O5. The fraction of sp³-hybridized carbons (Fsp3) is 0.882. The lowest BCUT2D eigenvalue weighted by Gasteiger charge is -2.39. The number of fused-ring (bicyclic) bond motifs is 1. The maximum absolute atomic E-state index is 12.5. The van der Waals surface area contributed by atoms with Gasteiger partial charge in [-0.05, 0) is 32.1 Å². The predicted molar refractivity (Wildman–Crippen MR) is 86.3 cm³/mol. The average Bonchev–Trinajstić information content (AvgIpc) is 2.94. The Kier molecular flexibility index (Phi) is 5.42. The zero-order valence-corrected chi connectivity index (χ0v) is 14.5. The molecule has 3 rings (SSSR count). The highest BCUT2D eigenvalue weighted by Gasteiger charge is 2.45. The number of aliphatic hydroxyl groups is 1. The summed E-state index contributed by atoms with van der Waals surface area (Å²) in [4.78, 5) is 27.5. The Morgan fingerprint density at radius 3 is 2.67 bits per heavy atom. The second-order valence-corrected chi connectivity index (χ2v) is 7.39. The summed E-state index contributed by atoms with van der Waals surface area (Å²) in [7, 11) is 3.41. The first-order chi connectivity index (χ1) is 11.5. The first-order valence-corrected chi connectivity index (χ1v) is 8.87. The summed E-state index contributed by atoms with van der Waals surface area (Å²) in [6, 6.07) is 0.162. The van der Waals surface area contributed by atoms with Gasteiger partial charge in [-0.3, -0.25) is 9.59 Å². The number of hydrogen-bond donors (Lipinski definition) is 1. The standard InChI is InChI=1S/C17H28N2O5/c1-18(2)16(21)10-23-9-13-3-4-14-15(24-13)5-6-19(14)17(22)11-7-12(20)8-11/h11-15,20H,3-10H2,1-2H3/t11?,12?,13-,14+,15+/m0/s1. The third-order valence-corrected chi connectivity index (χ3v) is 5.41. The smallest absolute Gasteiger partial charge is 0.248 e. The molecule has 7 nitrogen and oxygen atoms in total. The van der Waals surface area contributed by atoms with Crippen molar-refractivity contribution in [1.82, 2.24) is 9.80 Å². The number of likely N-dealkylation sites (tertiary alicyclic amines) is 1. The van der Waals surface area contributed by atoms with Gasteiger partial charge in [0.05, 0.1) is 31.0 Å². The third-order valence-electron chi connectivity index (χ3n) is 5.41. The van der Waals surface area contributed by atoms with E-state index in [0.29, 0.717) is 19.4 Å². The fourth-order valence-electron chi connectivity index (χ4n) is 3.82. The van der Waals surface area contributed by atoms with Crippen molar-refractivity contribution in [2.24, 2.45) is 5.92 Å². The number of ether oxygens (including phenoxy) is 2. The highest BCUT2D eigenvalue weighted by atomic mass is 16.5. The molecule has 24 heavy (non-hydrogen) atoms. The molecule has 0 aromatic carbocycles. The molecule has 0 radical (unpaired) electrons. The molecule has 3 atom stereocenters. The molecule has 1 N–H and O–H groups in total. The Morgan fingerprint density at radius 2 is 2.00 bits per heavy atom. The predicted octanol–water partition coefficient (Wildman–Crippen LogP) is 0.0106. The highest BCUT2D eigenvalue weighted by Crippen LogP contribution is 2.36. The zero-order valence-electron chi connectivity index (χ0n) is 14.5. The van der Waals surface area contributed by atoms with Crippen LogP contribution in [-0.2, 0) is 19.1 Å². The minimum atomic E-state index is -0.300. The van der Waals surface area contributed by atoms with Crippen LogP contribution in [0.1, 0.15) is 32.1 Å². The summed E-state index contributed by atoms with van der Waals surface area (Å²) < 4.78 is 11.6. The molecule has 0 aromatic rings. The van der Waals surface area contributed by atoms with E-state index in [4.69, 9.17) is 9.47 Å². The Balaban J connectivity index is 1.43. The second-order valence-electron chi connectivity index (χ2n) is 7.39. The molecule has 7 heteroatoms. The Hall–Kier alpha value is -1.18. The highest BCUT2D eigenvalue weighted by molar-refractivity contribution is 5.80. The molecule has 0 unspecified atom stereocenters. The van der Waals surface area contributed by atoms with Crippen LogP contribution < -0.4 is 0 Å². The van der Waals surface area contributed by atoms with Crippen LogP contribution in [0.2, 0.25) is 0 Å². The lowest BCUT2D eigenvalue weighted by atomic mass is 9.81. The topological polar surface area (TPSA) is 79.3 Å². The summed E-state index contributed by atoms with van der Waals surface area (Å²) in [5.74, 6) is 0.128. The van der Waals surface area contributed by atoms with Gasteiger partial charge in [-0.15, -0.1) is 0 Å². The number of rotatable bonds is 5. The van der Waals surface area contributed by atoms with Crippen molar-refractivity contribution in [3.63, 3.8) is 0 Å². The molecule has 2 aliphatic heterocycles. The van der Waals surface area contributed by atoms with Crippen molar-refractivity contribution in [1.29, 1.82) is 0 Å². The Morgan fingerprint density at radius 1 is 1.25 bits per heavy atom. The van der Waals surface area contributed by atoms with Gasteiger partial charge in [-0.25, -0.2) is 0 Å². The molecule has 3 fully saturated rings. The third kappa shape index (κ3) is 3.73. The van der Waals surface area contributed by atoms with Crippen molar-refractivity contribution in [2.75, 3.05) is 33.9 Å². The molecule has 0 bridgehead atoms. The first-order valence-electron chi connectivity index (χ1n) is 8.87. The van der Waals surface area contributed by atoms with Crippen molar-refractivity contribution in [2.45, 2.75) is 56.5 Å². The molecule has 3 aliphatic rings. The Labute approximate surface area is 142 Å². The van der Waals surface area contributed by atoms with E-state index in [1.807, 2.05) is 4.90 Å². The van der Waals surface area contributed by atoms with Crippen molar-refractivity contribution < 1.29 is 24.2 Å². The van der Waals surface area contributed by atoms with Crippen LogP contribution >= 0.6 is 0 Å². The van der Waals surface area contributed by atoms with Gasteiger partial charge >= 0.3 is 0 Å². The molecule has 1 aliphatic carbocycles. The molecule has 2 heterocycles. The van der Waals surface area contributed by atoms with E-state index in [1.54, 1.807) is 14.1 Å². The van der Waals surface area contributed by atoms with Gasteiger partial charge in [0, 0.05) is 26.6 Å². The molecule has 0 spiro atoms. The summed E-state index contributed by atoms with van der Waals surface area (Å²) in [6.45, 7) is 1.24. The maximum Gasteiger partial charge on any atom is 0.248 e. The van der Waals surface area contributed by atoms with Crippen molar-refractivity contribution in [3.05, 3.63) is 0 Å². The maximum atomic E-state index is 12.5. The summed E-state index contributed by atoms with van der Waals surface area (Å²) in [5, 5.41) is 9.40. The number of amides is 2. The number of nitrogens with zero attached hydrogens (tertiary/aromatic N) is 2. The van der Waals surface area contributed by atoms with E-state index >= 15 is 0 Å². The number of aliphatic hydroxyl groups excluding tert-OH is 1. The summed E-state index contributed by atoms with van der Waals surface area (Å²) >= 11 is 0. The molecule has 136 valence electrons. The summed E-state index contributed by atoms with van der Waals surface area (Å²) in [5.41, 5.74) is 0. The van der Waals surface area contributed by atoms with Gasteiger partial charge in [-0.1, -0.05) is 0 Å². The largest absolute Gasteiger partial charge is 0.393 e. The van der Waals surface area contributed by atoms with Crippen molar-refractivity contribution in [3.8, 4) is 0 Å². The number of carbonyl (C=O) groups excluding carboxylic acids is 2. The van der Waals surface area contributed by atoms with Crippen LogP contribution in [0.3, 0.4) is 0 Å². The van der Waals surface area contributed by atoms with E-state index in [1.165, 1.54) is 4.90 Å². The van der Waals surface area contributed by atoms with E-state index in [2.05, 4.69) is 0 Å². The lowest BCUT2D eigenvalue weighted by molar-refractivity contribution is -0.150. The lowest BCUT2D eigenvalue weighted by Crippen LogP contribution is -2.50. The molecule has 2 saturated heterocycles. The molecule has 1 saturated carbocycles. The van der Waals surface area contributed by atoms with Crippen LogP contribution in [0.5, 0.6) is 0 Å². The average molecular weight is 340 g/mol. The van der Waals surface area contributed by atoms with E-state index < -0.39 is 0 Å². The van der Waals surface area contributed by atoms with Gasteiger partial charge in [0.1, 0.15) is 6.61 Å². The van der Waals surface area contributed by atoms with Crippen LogP contribution in [0.15, 0.2) is 0 Å². The van der Waals surface area contributed by atoms with Gasteiger partial charge in [0.15, 0.2) is 0 Å². The second kappa shape index (κ2) is 7.37. The fourth-order valence-corrected chi connectivity index (χ4v) is 3.82. The Bertz CT molecular complexity index is 478. The van der Waals surface area contributed by atoms with Crippen LogP contribution in [0.4, 0.5) is 0 Å². The normalized spacial score (nSPS) is 35.3. The van der Waals surface area contributed by atoms with Crippen LogP contribution in [-0.4, -0.2) is 84.9 Å². The minimum absolute atomic E-state index is 0.00166. The van der Waals surface area contributed by atoms with Gasteiger partial charge in [0.25, 0.3) is 0 Å².